The Bertz CT molecular complexity index is 3420. The fourth-order valence-electron chi connectivity index (χ4n) is 8.57. The van der Waals surface area contributed by atoms with Crippen molar-refractivity contribution in [2.75, 3.05) is 0 Å². The van der Waals surface area contributed by atoms with Crippen molar-refractivity contribution in [1.82, 2.24) is 9.13 Å². The Labute approximate surface area is 320 Å². The highest BCUT2D eigenvalue weighted by molar-refractivity contribution is 7.26. The third-order valence-electron chi connectivity index (χ3n) is 10.9. The number of para-hydroxylation sites is 2. The summed E-state index contributed by atoms with van der Waals surface area (Å²) in [5, 5.41) is 7.14. The van der Waals surface area contributed by atoms with Crippen LogP contribution in [0, 0.1) is 13.1 Å². The molecule has 0 aliphatic carbocycles. The Morgan fingerprint density at radius 3 is 1.78 bits per heavy atom. The van der Waals surface area contributed by atoms with Gasteiger partial charge in [0.05, 0.1) is 35.2 Å². The van der Waals surface area contributed by atoms with Gasteiger partial charge in [0.2, 0.25) is 0 Å². The summed E-state index contributed by atoms with van der Waals surface area (Å²) in [5.74, 6) is 0. The monoisotopic (exact) mass is 716 g/mol. The third-order valence-corrected chi connectivity index (χ3v) is 12.1. The van der Waals surface area contributed by atoms with E-state index in [9.17, 15) is 0 Å². The van der Waals surface area contributed by atoms with E-state index in [1.807, 2.05) is 35.6 Å². The van der Waals surface area contributed by atoms with Crippen LogP contribution in [-0.2, 0) is 0 Å². The van der Waals surface area contributed by atoms with Crippen LogP contribution in [-0.4, -0.2) is 9.13 Å². The van der Waals surface area contributed by atoms with Crippen molar-refractivity contribution < 1.29 is 0 Å². The first-order chi connectivity index (χ1) is 27.2. The summed E-state index contributed by atoms with van der Waals surface area (Å²) in [6.45, 7) is 15.9. The van der Waals surface area contributed by atoms with Crippen LogP contribution in [0.15, 0.2) is 170 Å². The predicted octanol–water partition coefficient (Wildman–Crippen LogP) is 14.7. The highest BCUT2D eigenvalue weighted by Crippen LogP contribution is 2.45. The smallest absolute Gasteiger partial charge is 0.189 e. The minimum Gasteiger partial charge on any atom is -0.310 e. The summed E-state index contributed by atoms with van der Waals surface area (Å²) in [7, 11) is 0. The molecular weight excluding hydrogens is 689 g/mol. The molecule has 0 bridgehead atoms. The Hall–Kier alpha value is -7.44. The van der Waals surface area contributed by atoms with Crippen molar-refractivity contribution in [3.8, 4) is 33.6 Å². The molecule has 0 aliphatic heterocycles. The predicted molar refractivity (Wildman–Crippen MR) is 231 cm³/mol. The van der Waals surface area contributed by atoms with Gasteiger partial charge in [0, 0.05) is 47.7 Å². The van der Waals surface area contributed by atoms with E-state index in [1.165, 1.54) is 36.3 Å². The molecule has 3 heterocycles. The second kappa shape index (κ2) is 12.0. The van der Waals surface area contributed by atoms with Crippen molar-refractivity contribution in [2.24, 2.45) is 0 Å². The molecule has 0 radical (unpaired) electrons. The molecule has 0 fully saturated rings. The van der Waals surface area contributed by atoms with Gasteiger partial charge in [0.1, 0.15) is 0 Å². The molecule has 8 aromatic carbocycles. The lowest BCUT2D eigenvalue weighted by molar-refractivity contribution is 1.18. The number of rotatable bonds is 4. The van der Waals surface area contributed by atoms with Crippen LogP contribution < -0.4 is 0 Å². The minimum atomic E-state index is 0.592. The Balaban J connectivity index is 1.11. The molecule has 0 amide bonds. The van der Waals surface area contributed by atoms with Gasteiger partial charge in [-0.05, 0) is 94.4 Å². The van der Waals surface area contributed by atoms with Gasteiger partial charge in [-0.2, -0.15) is 0 Å². The van der Waals surface area contributed by atoms with Gasteiger partial charge < -0.3 is 9.13 Å². The Morgan fingerprint density at radius 1 is 0.400 bits per heavy atom. The summed E-state index contributed by atoms with van der Waals surface area (Å²) in [5.41, 5.74) is 11.8. The van der Waals surface area contributed by atoms with Crippen LogP contribution in [0.25, 0.3) is 107 Å². The molecule has 0 saturated heterocycles. The van der Waals surface area contributed by atoms with Crippen LogP contribution in [0.2, 0.25) is 0 Å². The van der Waals surface area contributed by atoms with Gasteiger partial charge in [-0.1, -0.05) is 103 Å². The quantitative estimate of drug-likeness (QED) is 0.162. The average molecular weight is 717 g/mol. The zero-order valence-electron chi connectivity index (χ0n) is 29.4. The zero-order chi connectivity index (χ0) is 36.6. The zero-order valence-corrected chi connectivity index (χ0v) is 30.2. The number of benzene rings is 8. The lowest BCUT2D eigenvalue weighted by Gasteiger charge is -2.16. The summed E-state index contributed by atoms with van der Waals surface area (Å²) in [4.78, 5) is 7.77. The van der Waals surface area contributed by atoms with E-state index in [0.717, 1.165) is 61.1 Å². The van der Waals surface area contributed by atoms with Gasteiger partial charge in [-0.3, -0.25) is 0 Å². The molecule has 11 aromatic rings. The molecule has 0 atom stereocenters. The number of hydrogen-bond donors (Lipinski definition) is 0. The highest BCUT2D eigenvalue weighted by atomic mass is 32.1. The second-order valence-corrected chi connectivity index (χ2v) is 15.0. The van der Waals surface area contributed by atoms with Crippen LogP contribution in [0.4, 0.5) is 11.4 Å². The van der Waals surface area contributed by atoms with Gasteiger partial charge in [-0.15, -0.1) is 11.3 Å². The first-order valence-electron chi connectivity index (χ1n) is 18.2. The van der Waals surface area contributed by atoms with Crippen LogP contribution in [0.1, 0.15) is 0 Å². The molecule has 3 aromatic heterocycles. The Kier molecular flexibility index (Phi) is 6.82. The van der Waals surface area contributed by atoms with E-state index >= 15 is 0 Å². The van der Waals surface area contributed by atoms with E-state index in [2.05, 4.69) is 164 Å². The minimum absolute atomic E-state index is 0.592. The highest BCUT2D eigenvalue weighted by Gasteiger charge is 2.19. The largest absolute Gasteiger partial charge is 0.310 e. The molecule has 0 spiro atoms. The number of aromatic nitrogens is 2. The number of nitrogens with zero attached hydrogens (tertiary/aromatic N) is 4. The van der Waals surface area contributed by atoms with Crippen LogP contribution >= 0.6 is 11.3 Å². The summed E-state index contributed by atoms with van der Waals surface area (Å²) >= 11 is 1.82. The van der Waals surface area contributed by atoms with Crippen molar-refractivity contribution in [2.45, 2.75) is 0 Å². The summed E-state index contributed by atoms with van der Waals surface area (Å²) in [6, 6.07) is 59.5. The molecule has 4 nitrogen and oxygen atoms in total. The van der Waals surface area contributed by atoms with Crippen molar-refractivity contribution in [3.05, 3.63) is 193 Å². The van der Waals surface area contributed by atoms with Crippen LogP contribution in [0.5, 0.6) is 0 Å². The van der Waals surface area contributed by atoms with Gasteiger partial charge in [0.25, 0.3) is 0 Å². The number of fused-ring (bicyclic) bond motifs is 10. The normalized spacial score (nSPS) is 11.6. The first-order valence-corrected chi connectivity index (χ1v) is 19.0. The van der Waals surface area contributed by atoms with E-state index in [-0.39, 0.29) is 0 Å². The van der Waals surface area contributed by atoms with E-state index in [4.69, 9.17) is 13.1 Å². The first kappa shape index (κ1) is 31.1. The summed E-state index contributed by atoms with van der Waals surface area (Å²) in [6.07, 6.45) is 0. The van der Waals surface area contributed by atoms with Crippen LogP contribution in [0.3, 0.4) is 0 Å². The number of thiophene rings is 1. The molecule has 5 heteroatoms. The molecule has 11 rings (SSSR count). The molecule has 55 heavy (non-hydrogen) atoms. The molecular formula is C50H28N4S. The lowest BCUT2D eigenvalue weighted by atomic mass is 9.93. The molecule has 0 unspecified atom stereocenters. The SMILES string of the molecule is [C-]#[N+]c1cc(-c2ccccc2-c2cccc(-n3c4ccc([N+]#[C-])cc4c4c5sc6ccccc6c5ccc43)c2)cc(-n2c3ccccc3c3ccccc32)c1. The molecule has 254 valence electrons. The maximum absolute atomic E-state index is 8.11. The molecule has 0 saturated carbocycles. The average Bonchev–Trinajstić information content (AvgIpc) is 3.91. The number of hydrogen-bond acceptors (Lipinski definition) is 1. The van der Waals surface area contributed by atoms with Gasteiger partial charge in [0.15, 0.2) is 11.4 Å². The topological polar surface area (TPSA) is 18.6 Å². The lowest BCUT2D eigenvalue weighted by Crippen LogP contribution is -1.96. The van der Waals surface area contributed by atoms with Crippen molar-refractivity contribution in [3.63, 3.8) is 0 Å². The van der Waals surface area contributed by atoms with E-state index in [0.29, 0.717) is 11.4 Å². The molecule has 0 aliphatic rings. The van der Waals surface area contributed by atoms with Gasteiger partial charge >= 0.3 is 0 Å². The standard InChI is InChI=1S/C50H28N4S/c1-51-33-22-24-46-43(30-33)49-47(25-23-42-41-18-7-10-21-48(41)55-50(42)49)53(46)35-13-11-12-31(27-35)37-14-3-4-15-38(37)32-26-34(52-2)29-36(28-32)54-44-19-8-5-16-39(44)40-17-6-9-20-45(40)54/h3-30H. The summed E-state index contributed by atoms with van der Waals surface area (Å²) < 4.78 is 7.12. The fraction of sp³-hybridized carbons (Fsp3) is 0. The maximum atomic E-state index is 8.11. The Morgan fingerprint density at radius 2 is 1.02 bits per heavy atom. The third kappa shape index (κ3) is 4.68. The molecule has 0 N–H and O–H groups in total. The van der Waals surface area contributed by atoms with E-state index < -0.39 is 0 Å². The maximum Gasteiger partial charge on any atom is 0.189 e. The fourth-order valence-corrected chi connectivity index (χ4v) is 9.82. The van der Waals surface area contributed by atoms with Crippen molar-refractivity contribution in [1.29, 1.82) is 0 Å². The van der Waals surface area contributed by atoms with Gasteiger partial charge in [-0.25, -0.2) is 9.69 Å². The van der Waals surface area contributed by atoms with E-state index in [1.54, 1.807) is 0 Å². The van der Waals surface area contributed by atoms with Crippen molar-refractivity contribution >= 4 is 86.5 Å². The second-order valence-electron chi connectivity index (χ2n) is 13.9.